The minimum absolute atomic E-state index is 0.239. The van der Waals surface area contributed by atoms with E-state index in [4.69, 9.17) is 9.47 Å². The number of aliphatic imine (C=N–C) groups is 2. The number of thioether (sulfide) groups is 1. The summed E-state index contributed by atoms with van der Waals surface area (Å²) in [5.41, 5.74) is 1.11. The first-order valence-corrected chi connectivity index (χ1v) is 8.24. The van der Waals surface area contributed by atoms with E-state index < -0.39 is 0 Å². The van der Waals surface area contributed by atoms with Gasteiger partial charge in [0.15, 0.2) is 17.4 Å². The van der Waals surface area contributed by atoms with Crippen LogP contribution >= 0.6 is 11.8 Å². The zero-order valence-electron chi connectivity index (χ0n) is 13.6. The van der Waals surface area contributed by atoms with Crippen molar-refractivity contribution in [2.24, 2.45) is 9.98 Å². The third-order valence-corrected chi connectivity index (χ3v) is 4.31. The van der Waals surface area contributed by atoms with Crippen molar-refractivity contribution >= 4 is 35.3 Å². The fraction of sp³-hybridized carbons (Fsp3) is 0.176. The number of carbonyl (C=O) groups excluding carboxylic acids is 1. The number of allylic oxidation sites excluding steroid dienone is 1. The second-order valence-corrected chi connectivity index (χ2v) is 5.87. The monoisotopic (exact) mass is 354 g/mol. The lowest BCUT2D eigenvalue weighted by Crippen LogP contribution is -2.25. The van der Waals surface area contributed by atoms with Crippen LogP contribution in [0.25, 0.3) is 6.08 Å². The Labute approximate surface area is 149 Å². The standard InChI is InChI=1S/C17H14N4O3S/c1-3-24-10-19-15-14(9-18)25-17-20-13(16(22)21(15)17)8-11-4-6-12(23-2)7-5-11/h4-8,10H,3H2,1-2H3/b13-8?,19-10-. The molecule has 2 aliphatic rings. The van der Waals surface area contributed by atoms with E-state index in [2.05, 4.69) is 9.98 Å². The lowest BCUT2D eigenvalue weighted by Gasteiger charge is -2.09. The van der Waals surface area contributed by atoms with Gasteiger partial charge in [-0.1, -0.05) is 12.1 Å². The Morgan fingerprint density at radius 2 is 2.16 bits per heavy atom. The van der Waals surface area contributed by atoms with Crippen LogP contribution in [0.2, 0.25) is 0 Å². The number of nitriles is 1. The van der Waals surface area contributed by atoms with Crippen LogP contribution < -0.4 is 4.74 Å². The molecule has 0 radical (unpaired) electrons. The highest BCUT2D eigenvalue weighted by Crippen LogP contribution is 2.39. The normalized spacial score (nSPS) is 18.0. The lowest BCUT2D eigenvalue weighted by molar-refractivity contribution is -0.121. The largest absolute Gasteiger partial charge is 0.497 e. The average Bonchev–Trinajstić information content (AvgIpc) is 3.13. The first-order chi connectivity index (χ1) is 12.2. The van der Waals surface area contributed by atoms with Gasteiger partial charge in [0.2, 0.25) is 0 Å². The summed E-state index contributed by atoms with van der Waals surface area (Å²) in [6.07, 6.45) is 2.91. The van der Waals surface area contributed by atoms with Gasteiger partial charge in [-0.05, 0) is 42.5 Å². The second-order valence-electron chi connectivity index (χ2n) is 4.89. The van der Waals surface area contributed by atoms with Crippen LogP contribution in [0.5, 0.6) is 5.75 Å². The minimum Gasteiger partial charge on any atom is -0.497 e. The van der Waals surface area contributed by atoms with Gasteiger partial charge in [0, 0.05) is 0 Å². The molecule has 2 heterocycles. The van der Waals surface area contributed by atoms with Gasteiger partial charge in [-0.15, -0.1) is 0 Å². The molecular weight excluding hydrogens is 340 g/mol. The zero-order chi connectivity index (χ0) is 17.8. The Morgan fingerprint density at radius 3 is 2.80 bits per heavy atom. The topological polar surface area (TPSA) is 87.3 Å². The van der Waals surface area contributed by atoms with Crippen LogP contribution in [0.4, 0.5) is 0 Å². The molecule has 1 aromatic rings. The zero-order valence-corrected chi connectivity index (χ0v) is 14.4. The summed E-state index contributed by atoms with van der Waals surface area (Å²) in [5, 5.41) is 9.64. The molecule has 0 atom stereocenters. The van der Waals surface area contributed by atoms with Gasteiger partial charge >= 0.3 is 0 Å². The van der Waals surface area contributed by atoms with E-state index in [1.54, 1.807) is 25.3 Å². The molecule has 0 aromatic heterocycles. The van der Waals surface area contributed by atoms with Crippen LogP contribution in [0.3, 0.4) is 0 Å². The predicted octanol–water partition coefficient (Wildman–Crippen LogP) is 2.74. The van der Waals surface area contributed by atoms with Gasteiger partial charge in [-0.25, -0.2) is 14.9 Å². The lowest BCUT2D eigenvalue weighted by atomic mass is 10.2. The maximum absolute atomic E-state index is 12.7. The van der Waals surface area contributed by atoms with Gasteiger partial charge in [-0.3, -0.25) is 4.79 Å². The van der Waals surface area contributed by atoms with Crippen molar-refractivity contribution in [2.75, 3.05) is 13.7 Å². The van der Waals surface area contributed by atoms with Crippen molar-refractivity contribution in [3.05, 3.63) is 46.3 Å². The van der Waals surface area contributed by atoms with E-state index in [1.165, 1.54) is 11.3 Å². The third kappa shape index (κ3) is 3.27. The first-order valence-electron chi connectivity index (χ1n) is 7.43. The van der Waals surface area contributed by atoms with Crippen molar-refractivity contribution in [3.63, 3.8) is 0 Å². The number of hydrogen-bond acceptors (Lipinski definition) is 7. The minimum atomic E-state index is -0.327. The Morgan fingerprint density at radius 1 is 1.40 bits per heavy atom. The highest BCUT2D eigenvalue weighted by molar-refractivity contribution is 8.17. The van der Waals surface area contributed by atoms with E-state index in [9.17, 15) is 10.1 Å². The number of amides is 1. The number of ether oxygens (including phenoxy) is 2. The van der Waals surface area contributed by atoms with Crippen molar-refractivity contribution < 1.29 is 14.3 Å². The summed E-state index contributed by atoms with van der Waals surface area (Å²) in [7, 11) is 1.59. The van der Waals surface area contributed by atoms with Crippen LogP contribution in [0, 0.1) is 11.3 Å². The molecule has 0 unspecified atom stereocenters. The van der Waals surface area contributed by atoms with Gasteiger partial charge in [0.05, 0.1) is 13.7 Å². The molecule has 3 rings (SSSR count). The molecule has 0 saturated carbocycles. The van der Waals surface area contributed by atoms with E-state index in [0.29, 0.717) is 16.7 Å². The number of fused-ring (bicyclic) bond motifs is 1. The molecule has 0 spiro atoms. The Bertz CT molecular complexity index is 863. The molecule has 1 amide bonds. The SMILES string of the molecule is CCO/C=N\C1=C(C#N)SC2=NC(=Cc3ccc(OC)cc3)C(=O)N21. The number of rotatable bonds is 5. The quantitative estimate of drug-likeness (QED) is 0.461. The van der Waals surface area contributed by atoms with Gasteiger partial charge in [0.25, 0.3) is 5.91 Å². The maximum atomic E-state index is 12.7. The molecule has 0 fully saturated rings. The Balaban J connectivity index is 1.87. The van der Waals surface area contributed by atoms with E-state index in [0.717, 1.165) is 23.1 Å². The predicted molar refractivity (Wildman–Crippen MR) is 95.6 cm³/mol. The van der Waals surface area contributed by atoms with Gasteiger partial charge in [0.1, 0.15) is 22.4 Å². The first kappa shape index (κ1) is 16.8. The van der Waals surface area contributed by atoms with Crippen LogP contribution in [-0.4, -0.2) is 36.1 Å². The fourth-order valence-corrected chi connectivity index (χ4v) is 3.07. The van der Waals surface area contributed by atoms with E-state index >= 15 is 0 Å². The Kier molecular flexibility index (Phi) is 4.86. The molecule has 8 heteroatoms. The highest BCUT2D eigenvalue weighted by atomic mass is 32.2. The highest BCUT2D eigenvalue weighted by Gasteiger charge is 2.41. The summed E-state index contributed by atoms with van der Waals surface area (Å²) in [6, 6.07) is 9.31. The number of benzene rings is 1. The fourth-order valence-electron chi connectivity index (χ4n) is 2.20. The number of methoxy groups -OCH3 is 1. The van der Waals surface area contributed by atoms with Crippen molar-refractivity contribution in [1.82, 2.24) is 4.90 Å². The molecule has 7 nitrogen and oxygen atoms in total. The summed E-state index contributed by atoms with van der Waals surface area (Å²) in [5.74, 6) is 0.645. The average molecular weight is 354 g/mol. The molecular formula is C17H14N4O3S. The number of carbonyl (C=O) groups is 1. The number of nitrogens with zero attached hydrogens (tertiary/aromatic N) is 4. The number of hydrogen-bond donors (Lipinski definition) is 0. The maximum Gasteiger partial charge on any atom is 0.284 e. The van der Waals surface area contributed by atoms with Crippen LogP contribution in [0.15, 0.2) is 50.7 Å². The van der Waals surface area contributed by atoms with E-state index in [1.807, 2.05) is 25.1 Å². The summed E-state index contributed by atoms with van der Waals surface area (Å²) < 4.78 is 10.2. The smallest absolute Gasteiger partial charge is 0.284 e. The number of amidine groups is 1. The summed E-state index contributed by atoms with van der Waals surface area (Å²) in [6.45, 7) is 2.27. The van der Waals surface area contributed by atoms with Crippen LogP contribution in [-0.2, 0) is 9.53 Å². The van der Waals surface area contributed by atoms with Crippen molar-refractivity contribution in [2.45, 2.75) is 6.92 Å². The Hall–Kier alpha value is -3.05. The summed E-state index contributed by atoms with van der Waals surface area (Å²) >= 11 is 1.11. The molecule has 0 aliphatic carbocycles. The molecule has 1 aromatic carbocycles. The van der Waals surface area contributed by atoms with Crippen molar-refractivity contribution in [1.29, 1.82) is 5.26 Å². The second kappa shape index (κ2) is 7.23. The van der Waals surface area contributed by atoms with Gasteiger partial charge in [-0.2, -0.15) is 5.26 Å². The van der Waals surface area contributed by atoms with Crippen molar-refractivity contribution in [3.8, 4) is 11.8 Å². The molecule has 0 bridgehead atoms. The molecule has 126 valence electrons. The third-order valence-electron chi connectivity index (χ3n) is 3.37. The van der Waals surface area contributed by atoms with E-state index in [-0.39, 0.29) is 17.4 Å². The summed E-state index contributed by atoms with van der Waals surface area (Å²) in [4.78, 5) is 22.7. The molecule has 25 heavy (non-hydrogen) atoms. The molecule has 0 N–H and O–H groups in total. The van der Waals surface area contributed by atoms with Crippen LogP contribution in [0.1, 0.15) is 12.5 Å². The molecule has 0 saturated heterocycles. The molecule has 2 aliphatic heterocycles. The van der Waals surface area contributed by atoms with Gasteiger partial charge < -0.3 is 9.47 Å².